The fraction of sp³-hybridized carbons (Fsp3) is 1.00. The minimum absolute atomic E-state index is 0.00174. The van der Waals surface area contributed by atoms with E-state index in [4.69, 9.17) is 4.74 Å². The van der Waals surface area contributed by atoms with E-state index in [9.17, 15) is 4.21 Å². The van der Waals surface area contributed by atoms with Crippen LogP contribution in [0.15, 0.2) is 0 Å². The Balaban J connectivity index is 2.29. The van der Waals surface area contributed by atoms with Gasteiger partial charge in [-0.15, -0.1) is 0 Å². The highest BCUT2D eigenvalue weighted by Gasteiger charge is 2.57. The molecule has 0 aromatic carbocycles. The second-order valence-corrected chi connectivity index (χ2v) is 7.05. The Labute approximate surface area is 102 Å². The zero-order valence-electron chi connectivity index (χ0n) is 11.1. The minimum atomic E-state index is -0.665. The maximum Gasteiger partial charge on any atom is 0.0731 e. The Morgan fingerprint density at radius 2 is 2.06 bits per heavy atom. The predicted molar refractivity (Wildman–Crippen MR) is 69.2 cm³/mol. The van der Waals surface area contributed by atoms with E-state index in [0.717, 1.165) is 25.1 Å². The molecule has 0 heterocycles. The van der Waals surface area contributed by atoms with Gasteiger partial charge >= 0.3 is 0 Å². The van der Waals surface area contributed by atoms with E-state index >= 15 is 0 Å². The van der Waals surface area contributed by atoms with Crippen LogP contribution in [0.1, 0.15) is 33.6 Å². The molecule has 0 amide bonds. The molecule has 0 radical (unpaired) electrons. The molecular weight excluding hydrogens is 222 g/mol. The van der Waals surface area contributed by atoms with Crippen LogP contribution in [0.25, 0.3) is 0 Å². The predicted octanol–water partition coefficient (Wildman–Crippen LogP) is 1.55. The number of hydrogen-bond acceptors (Lipinski definition) is 3. The number of methoxy groups -OCH3 is 1. The Hall–Kier alpha value is 0.0700. The highest BCUT2D eigenvalue weighted by molar-refractivity contribution is 7.84. The molecule has 4 heteroatoms. The van der Waals surface area contributed by atoms with Crippen molar-refractivity contribution >= 4 is 10.8 Å². The summed E-state index contributed by atoms with van der Waals surface area (Å²) in [4.78, 5) is 0. The summed E-state index contributed by atoms with van der Waals surface area (Å²) in [6.07, 6.45) is 3.81. The number of nitrogens with one attached hydrogen (secondary N) is 1. The maximum atomic E-state index is 10.9. The average Bonchev–Trinajstić information content (AvgIpc) is 2.21. The van der Waals surface area contributed by atoms with Crippen LogP contribution in [-0.2, 0) is 15.5 Å². The first-order valence-electron chi connectivity index (χ1n) is 5.92. The molecule has 3 nitrogen and oxygen atoms in total. The van der Waals surface area contributed by atoms with Crippen LogP contribution >= 0.6 is 0 Å². The average molecular weight is 247 g/mol. The lowest BCUT2D eigenvalue weighted by atomic mass is 9.56. The topological polar surface area (TPSA) is 38.3 Å². The van der Waals surface area contributed by atoms with Gasteiger partial charge in [0, 0.05) is 41.4 Å². The highest BCUT2D eigenvalue weighted by Crippen LogP contribution is 2.51. The van der Waals surface area contributed by atoms with Crippen LogP contribution in [-0.4, -0.2) is 41.5 Å². The Morgan fingerprint density at radius 3 is 2.50 bits per heavy atom. The van der Waals surface area contributed by atoms with Gasteiger partial charge in [0.1, 0.15) is 0 Å². The fourth-order valence-corrected chi connectivity index (χ4v) is 2.92. The number of hydrogen-bond donors (Lipinski definition) is 1. The van der Waals surface area contributed by atoms with E-state index in [1.165, 1.54) is 0 Å². The van der Waals surface area contributed by atoms with Crippen molar-refractivity contribution < 1.29 is 8.95 Å². The third kappa shape index (κ3) is 2.66. The fourth-order valence-electron chi connectivity index (χ4n) is 2.37. The summed E-state index contributed by atoms with van der Waals surface area (Å²) in [6.45, 7) is 7.62. The lowest BCUT2D eigenvalue weighted by Crippen LogP contribution is -2.67. The zero-order valence-corrected chi connectivity index (χ0v) is 11.9. The smallest absolute Gasteiger partial charge is 0.0731 e. The molecule has 0 aromatic rings. The Kier molecular flexibility index (Phi) is 4.55. The summed E-state index contributed by atoms with van der Waals surface area (Å²) in [5.41, 5.74) is 0.172. The number of ether oxygens (including phenoxy) is 1. The summed E-state index contributed by atoms with van der Waals surface area (Å²) in [5, 5.41) is 3.54. The molecule has 0 saturated heterocycles. The molecule has 3 atom stereocenters. The molecule has 1 rings (SSSR count). The zero-order chi connectivity index (χ0) is 12.4. The second-order valence-electron chi connectivity index (χ2n) is 5.50. The minimum Gasteiger partial charge on any atom is -0.378 e. The quantitative estimate of drug-likeness (QED) is 0.724. The van der Waals surface area contributed by atoms with Crippen LogP contribution in [0.3, 0.4) is 0 Å². The Morgan fingerprint density at radius 1 is 1.44 bits per heavy atom. The first kappa shape index (κ1) is 14.1. The summed E-state index contributed by atoms with van der Waals surface area (Å²) < 4.78 is 16.5. The first-order chi connectivity index (χ1) is 7.33. The van der Waals surface area contributed by atoms with Crippen molar-refractivity contribution in [2.24, 2.45) is 5.41 Å². The van der Waals surface area contributed by atoms with Crippen molar-refractivity contribution in [3.8, 4) is 0 Å². The molecule has 96 valence electrons. The molecule has 0 aromatic heterocycles. The van der Waals surface area contributed by atoms with Gasteiger partial charge in [0.25, 0.3) is 0 Å². The van der Waals surface area contributed by atoms with Crippen LogP contribution in [0.2, 0.25) is 0 Å². The molecule has 1 fully saturated rings. The van der Waals surface area contributed by atoms with Gasteiger partial charge < -0.3 is 10.1 Å². The monoisotopic (exact) mass is 247 g/mol. The lowest BCUT2D eigenvalue weighted by molar-refractivity contribution is -0.180. The summed E-state index contributed by atoms with van der Waals surface area (Å²) in [7, 11) is 1.12. The summed E-state index contributed by atoms with van der Waals surface area (Å²) in [5.74, 6) is 0.793. The molecule has 1 N–H and O–H groups in total. The second kappa shape index (κ2) is 5.15. The molecule has 0 spiro atoms. The van der Waals surface area contributed by atoms with Gasteiger partial charge in [0.05, 0.1) is 5.60 Å². The van der Waals surface area contributed by atoms with Gasteiger partial charge in [-0.1, -0.05) is 13.8 Å². The summed E-state index contributed by atoms with van der Waals surface area (Å²) in [6, 6.07) is 0.516. The van der Waals surface area contributed by atoms with Crippen molar-refractivity contribution in [3.05, 3.63) is 0 Å². The van der Waals surface area contributed by atoms with Crippen LogP contribution in [0.4, 0.5) is 0 Å². The van der Waals surface area contributed by atoms with Crippen molar-refractivity contribution in [3.63, 3.8) is 0 Å². The molecule has 1 aliphatic rings. The van der Waals surface area contributed by atoms with E-state index in [1.54, 1.807) is 13.4 Å². The highest BCUT2D eigenvalue weighted by atomic mass is 32.2. The van der Waals surface area contributed by atoms with Gasteiger partial charge in [-0.05, 0) is 26.3 Å². The molecular formula is C12H25NO2S. The number of rotatable bonds is 6. The summed E-state index contributed by atoms with van der Waals surface area (Å²) >= 11 is 0. The van der Waals surface area contributed by atoms with Gasteiger partial charge in [-0.2, -0.15) is 0 Å². The van der Waals surface area contributed by atoms with E-state index in [1.807, 2.05) is 0 Å². The van der Waals surface area contributed by atoms with Crippen molar-refractivity contribution in [2.75, 3.05) is 25.7 Å². The van der Waals surface area contributed by atoms with E-state index in [2.05, 4.69) is 26.1 Å². The van der Waals surface area contributed by atoms with Crippen molar-refractivity contribution in [2.45, 2.75) is 45.3 Å². The largest absolute Gasteiger partial charge is 0.378 e. The SMILES string of the molecule is COC1(C)CC(NCCCS(C)=O)C1(C)C. The lowest BCUT2D eigenvalue weighted by Gasteiger charge is -2.59. The maximum absolute atomic E-state index is 10.9. The third-order valence-electron chi connectivity index (χ3n) is 4.28. The molecule has 0 aliphatic heterocycles. The first-order valence-corrected chi connectivity index (χ1v) is 7.65. The van der Waals surface area contributed by atoms with Crippen LogP contribution in [0.5, 0.6) is 0 Å². The molecule has 1 saturated carbocycles. The van der Waals surface area contributed by atoms with Crippen molar-refractivity contribution in [1.29, 1.82) is 0 Å². The standard InChI is InChI=1S/C12H25NO2S/c1-11(2)10(9-12(11,3)15-4)13-7-6-8-16(5)14/h10,13H,6-9H2,1-5H3. The molecule has 16 heavy (non-hydrogen) atoms. The van der Waals surface area contributed by atoms with Gasteiger partial charge in [0.2, 0.25) is 0 Å². The van der Waals surface area contributed by atoms with Crippen molar-refractivity contribution in [1.82, 2.24) is 5.32 Å². The van der Waals surface area contributed by atoms with Gasteiger partial charge in [0.15, 0.2) is 0 Å². The molecule has 3 unspecified atom stereocenters. The van der Waals surface area contributed by atoms with Gasteiger partial charge in [-0.25, -0.2) is 0 Å². The Bertz CT molecular complexity index is 268. The van der Waals surface area contributed by atoms with Crippen LogP contribution in [0, 0.1) is 5.41 Å². The van der Waals surface area contributed by atoms with E-state index < -0.39 is 10.8 Å². The normalized spacial score (nSPS) is 34.4. The molecule has 1 aliphatic carbocycles. The van der Waals surface area contributed by atoms with Crippen LogP contribution < -0.4 is 5.32 Å². The van der Waals surface area contributed by atoms with E-state index in [0.29, 0.717) is 6.04 Å². The van der Waals surface area contributed by atoms with E-state index in [-0.39, 0.29) is 11.0 Å². The third-order valence-corrected chi connectivity index (χ3v) is 5.14. The molecule has 0 bridgehead atoms. The van der Waals surface area contributed by atoms with Gasteiger partial charge in [-0.3, -0.25) is 4.21 Å².